The Bertz CT molecular complexity index is 863. The molecule has 0 aliphatic heterocycles. The lowest BCUT2D eigenvalue weighted by Gasteiger charge is -2.30. The van der Waals surface area contributed by atoms with Crippen LogP contribution in [0.2, 0.25) is 0 Å². The number of rotatable bonds is 8. The van der Waals surface area contributed by atoms with Crippen LogP contribution in [0.25, 0.3) is 0 Å². The Hall–Kier alpha value is -3.35. The molecule has 2 aromatic rings. The van der Waals surface area contributed by atoms with Gasteiger partial charge in [-0.25, -0.2) is 4.79 Å². The lowest BCUT2D eigenvalue weighted by molar-refractivity contribution is -0.140. The molecule has 0 saturated carbocycles. The van der Waals surface area contributed by atoms with Gasteiger partial charge in [0.25, 0.3) is 0 Å². The van der Waals surface area contributed by atoms with Gasteiger partial charge >= 0.3 is 6.09 Å². The number of ether oxygens (including phenoxy) is 1. The number of benzene rings is 2. The third kappa shape index (κ3) is 7.77. The van der Waals surface area contributed by atoms with Crippen LogP contribution in [0, 0.1) is 0 Å². The second-order valence-corrected chi connectivity index (χ2v) is 8.05. The smallest absolute Gasteiger partial charge is 0.408 e. The molecule has 3 amide bonds. The Morgan fingerprint density at radius 1 is 0.935 bits per heavy atom. The third-order valence-corrected chi connectivity index (χ3v) is 4.43. The highest BCUT2D eigenvalue weighted by Crippen LogP contribution is 2.21. The zero-order chi connectivity index (χ0) is 22.9. The number of hydrogen-bond donors (Lipinski definition) is 2. The minimum absolute atomic E-state index is 0.266. The zero-order valence-electron chi connectivity index (χ0n) is 18.6. The van der Waals surface area contributed by atoms with Crippen LogP contribution in [0.1, 0.15) is 44.9 Å². The van der Waals surface area contributed by atoms with E-state index in [0.717, 1.165) is 5.56 Å². The molecule has 2 N–H and O–H groups in total. The summed E-state index contributed by atoms with van der Waals surface area (Å²) in [6, 6.07) is 17.9. The summed E-state index contributed by atoms with van der Waals surface area (Å²) < 4.78 is 5.18. The van der Waals surface area contributed by atoms with Gasteiger partial charge < -0.3 is 20.3 Å². The van der Waals surface area contributed by atoms with Gasteiger partial charge in [-0.1, -0.05) is 60.7 Å². The largest absolute Gasteiger partial charge is 0.444 e. The number of nitrogens with one attached hydrogen (secondary N) is 2. The maximum atomic E-state index is 13.1. The normalized spacial score (nSPS) is 11.9. The van der Waals surface area contributed by atoms with Gasteiger partial charge in [0, 0.05) is 13.1 Å². The molecule has 0 saturated heterocycles. The highest BCUT2D eigenvalue weighted by molar-refractivity contribution is 5.90. The second-order valence-electron chi connectivity index (χ2n) is 8.05. The van der Waals surface area contributed by atoms with E-state index in [1.165, 1.54) is 4.90 Å². The first kappa shape index (κ1) is 23.9. The highest BCUT2D eigenvalue weighted by Gasteiger charge is 2.30. The van der Waals surface area contributed by atoms with Crippen LogP contribution in [0.15, 0.2) is 60.7 Å². The van der Waals surface area contributed by atoms with Gasteiger partial charge in [0.2, 0.25) is 11.8 Å². The number of alkyl carbamates (subject to hydrolysis) is 1. The first-order valence-electron chi connectivity index (χ1n) is 10.3. The number of likely N-dealkylation sites (N-methyl/N-ethyl adjacent to an activating group) is 1. The molecule has 0 aliphatic rings. The zero-order valence-corrected chi connectivity index (χ0v) is 18.6. The van der Waals surface area contributed by atoms with Crippen molar-refractivity contribution < 1.29 is 19.1 Å². The van der Waals surface area contributed by atoms with Crippen molar-refractivity contribution >= 4 is 17.9 Å². The SMILES string of the molecule is CCN(C(=O)CNC(=O)OC(C)(C)C)C(C(=O)NCc1ccccc1)c1ccccc1. The molecule has 0 radical (unpaired) electrons. The Morgan fingerprint density at radius 2 is 1.52 bits per heavy atom. The van der Waals surface area contributed by atoms with Crippen LogP contribution in [-0.2, 0) is 20.9 Å². The topological polar surface area (TPSA) is 87.7 Å². The molecule has 0 heterocycles. The highest BCUT2D eigenvalue weighted by atomic mass is 16.6. The summed E-state index contributed by atoms with van der Waals surface area (Å²) in [5.41, 5.74) is 0.991. The molecule has 166 valence electrons. The van der Waals surface area contributed by atoms with E-state index in [4.69, 9.17) is 4.74 Å². The van der Waals surface area contributed by atoms with E-state index < -0.39 is 17.7 Å². The molecule has 1 atom stereocenters. The Morgan fingerprint density at radius 3 is 2.06 bits per heavy atom. The van der Waals surface area contributed by atoms with Gasteiger partial charge in [0.15, 0.2) is 0 Å². The van der Waals surface area contributed by atoms with Crippen molar-refractivity contribution in [1.29, 1.82) is 0 Å². The van der Waals surface area contributed by atoms with E-state index in [0.29, 0.717) is 18.7 Å². The molecule has 0 aliphatic carbocycles. The first-order chi connectivity index (χ1) is 14.7. The lowest BCUT2D eigenvalue weighted by Crippen LogP contribution is -2.47. The van der Waals surface area contributed by atoms with Crippen molar-refractivity contribution in [3.8, 4) is 0 Å². The number of carbonyl (C=O) groups excluding carboxylic acids is 3. The van der Waals surface area contributed by atoms with Gasteiger partial charge in [-0.05, 0) is 38.8 Å². The predicted molar refractivity (Wildman–Crippen MR) is 119 cm³/mol. The molecule has 0 aromatic heterocycles. The summed E-state index contributed by atoms with van der Waals surface area (Å²) in [6.07, 6.45) is -0.679. The lowest BCUT2D eigenvalue weighted by atomic mass is 10.0. The molecule has 2 rings (SSSR count). The van der Waals surface area contributed by atoms with Crippen molar-refractivity contribution in [3.63, 3.8) is 0 Å². The maximum absolute atomic E-state index is 13.1. The fraction of sp³-hybridized carbons (Fsp3) is 0.375. The van der Waals surface area contributed by atoms with Gasteiger partial charge in [0.1, 0.15) is 18.2 Å². The van der Waals surface area contributed by atoms with Gasteiger partial charge in [-0.3, -0.25) is 9.59 Å². The summed E-state index contributed by atoms with van der Waals surface area (Å²) in [5, 5.41) is 5.39. The summed E-state index contributed by atoms with van der Waals surface area (Å²) >= 11 is 0. The van der Waals surface area contributed by atoms with Gasteiger partial charge in [-0.15, -0.1) is 0 Å². The summed E-state index contributed by atoms with van der Waals surface area (Å²) in [7, 11) is 0. The molecule has 2 aromatic carbocycles. The fourth-order valence-electron chi connectivity index (χ4n) is 3.06. The minimum atomic E-state index is -0.817. The third-order valence-electron chi connectivity index (χ3n) is 4.43. The van der Waals surface area contributed by atoms with E-state index in [1.807, 2.05) is 60.7 Å². The van der Waals surface area contributed by atoms with Crippen molar-refractivity contribution in [1.82, 2.24) is 15.5 Å². The number of nitrogens with zero attached hydrogens (tertiary/aromatic N) is 1. The monoisotopic (exact) mass is 425 g/mol. The van der Waals surface area contributed by atoms with E-state index >= 15 is 0 Å². The van der Waals surface area contributed by atoms with Crippen molar-refractivity contribution in [3.05, 3.63) is 71.8 Å². The summed E-state index contributed by atoms with van der Waals surface area (Å²) in [5.74, 6) is -0.667. The number of carbonyl (C=O) groups is 3. The quantitative estimate of drug-likeness (QED) is 0.678. The molecule has 1 unspecified atom stereocenters. The minimum Gasteiger partial charge on any atom is -0.444 e. The average Bonchev–Trinajstić information content (AvgIpc) is 2.74. The first-order valence-corrected chi connectivity index (χ1v) is 10.3. The van der Waals surface area contributed by atoms with Crippen LogP contribution in [0.4, 0.5) is 4.79 Å². The predicted octanol–water partition coefficient (Wildman–Crippen LogP) is 3.42. The molecule has 7 heteroatoms. The van der Waals surface area contributed by atoms with Gasteiger partial charge in [0.05, 0.1) is 0 Å². The van der Waals surface area contributed by atoms with Crippen LogP contribution < -0.4 is 10.6 Å². The number of amides is 3. The van der Waals surface area contributed by atoms with E-state index in [-0.39, 0.29) is 18.4 Å². The summed E-state index contributed by atoms with van der Waals surface area (Å²) in [4.78, 5) is 39.4. The molecule has 0 fully saturated rings. The van der Waals surface area contributed by atoms with Gasteiger partial charge in [-0.2, -0.15) is 0 Å². The fourth-order valence-corrected chi connectivity index (χ4v) is 3.06. The van der Waals surface area contributed by atoms with E-state index in [9.17, 15) is 14.4 Å². The number of hydrogen-bond acceptors (Lipinski definition) is 4. The summed E-state index contributed by atoms with van der Waals surface area (Å²) in [6.45, 7) is 7.42. The van der Waals surface area contributed by atoms with Crippen LogP contribution in [0.3, 0.4) is 0 Å². The molecular formula is C24H31N3O4. The van der Waals surface area contributed by atoms with E-state index in [1.54, 1.807) is 27.7 Å². The van der Waals surface area contributed by atoms with Crippen LogP contribution in [0.5, 0.6) is 0 Å². The second kappa shape index (κ2) is 11.2. The van der Waals surface area contributed by atoms with Crippen LogP contribution >= 0.6 is 0 Å². The Labute approximate surface area is 183 Å². The maximum Gasteiger partial charge on any atom is 0.408 e. The molecule has 31 heavy (non-hydrogen) atoms. The molecule has 0 bridgehead atoms. The Kier molecular flexibility index (Phi) is 8.61. The van der Waals surface area contributed by atoms with E-state index in [2.05, 4.69) is 10.6 Å². The molecular weight excluding hydrogens is 394 g/mol. The van der Waals surface area contributed by atoms with Crippen molar-refractivity contribution in [2.24, 2.45) is 0 Å². The van der Waals surface area contributed by atoms with Crippen molar-refractivity contribution in [2.45, 2.75) is 45.9 Å². The van der Waals surface area contributed by atoms with Crippen molar-refractivity contribution in [2.75, 3.05) is 13.1 Å². The average molecular weight is 426 g/mol. The Balaban J connectivity index is 2.14. The van der Waals surface area contributed by atoms with Crippen LogP contribution in [-0.4, -0.2) is 41.5 Å². The molecule has 0 spiro atoms. The standard InChI is InChI=1S/C24H31N3O4/c1-5-27(20(28)17-26-23(30)31-24(2,3)4)21(19-14-10-7-11-15-19)22(29)25-16-18-12-8-6-9-13-18/h6-15,21H,5,16-17H2,1-4H3,(H,25,29)(H,26,30). The molecule has 7 nitrogen and oxygen atoms in total.